The second kappa shape index (κ2) is 7.43. The second-order valence-electron chi connectivity index (χ2n) is 3.56. The molecule has 0 amide bonds. The molecule has 1 N–H and O–H groups in total. The quantitative estimate of drug-likeness (QED) is 0.827. The van der Waals surface area contributed by atoms with Crippen molar-refractivity contribution in [2.75, 3.05) is 14.1 Å². The summed E-state index contributed by atoms with van der Waals surface area (Å²) >= 11 is 0. The van der Waals surface area contributed by atoms with Gasteiger partial charge in [-0.1, -0.05) is 44.2 Å². The van der Waals surface area contributed by atoms with E-state index >= 15 is 0 Å². The number of aliphatic hydroxyl groups excluding tert-OH is 1. The molecule has 0 aliphatic heterocycles. The topological polar surface area (TPSA) is 23.5 Å². The Morgan fingerprint density at radius 3 is 1.93 bits per heavy atom. The fourth-order valence-corrected chi connectivity index (χ4v) is 1.21. The lowest BCUT2D eigenvalue weighted by Crippen LogP contribution is -2.30. The molecule has 2 atom stereocenters. The summed E-state index contributed by atoms with van der Waals surface area (Å²) in [6, 6.07) is 9.88. The average Bonchev–Trinajstić information content (AvgIpc) is 2.31. The Kier molecular flexibility index (Phi) is 7.01. The molecule has 0 fully saturated rings. The van der Waals surface area contributed by atoms with Crippen LogP contribution in [0.1, 0.15) is 32.4 Å². The van der Waals surface area contributed by atoms with Gasteiger partial charge in [-0.2, -0.15) is 0 Å². The minimum atomic E-state index is -0.406. The highest BCUT2D eigenvalue weighted by Crippen LogP contribution is 2.18. The van der Waals surface area contributed by atoms with Crippen LogP contribution in [0, 0.1) is 0 Å². The minimum absolute atomic E-state index is 0.141. The van der Waals surface area contributed by atoms with Crippen LogP contribution < -0.4 is 0 Å². The first kappa shape index (κ1) is 14.1. The molecule has 0 aliphatic carbocycles. The lowest BCUT2D eigenvalue weighted by molar-refractivity contribution is 0.0858. The van der Waals surface area contributed by atoms with Gasteiger partial charge in [0.2, 0.25) is 0 Å². The van der Waals surface area contributed by atoms with Crippen molar-refractivity contribution in [3.05, 3.63) is 35.9 Å². The third kappa shape index (κ3) is 4.45. The number of aliphatic hydroxyl groups is 1. The molecule has 1 rings (SSSR count). The Morgan fingerprint density at radius 1 is 1.07 bits per heavy atom. The van der Waals surface area contributed by atoms with Gasteiger partial charge in [0, 0.05) is 6.04 Å². The van der Waals surface area contributed by atoms with Crippen LogP contribution in [0.15, 0.2) is 30.3 Å². The predicted molar refractivity (Wildman–Crippen MR) is 65.9 cm³/mol. The highest BCUT2D eigenvalue weighted by atomic mass is 16.3. The minimum Gasteiger partial charge on any atom is -0.387 e. The van der Waals surface area contributed by atoms with Crippen molar-refractivity contribution >= 4 is 0 Å². The molecule has 86 valence electrons. The first-order chi connectivity index (χ1) is 7.13. The van der Waals surface area contributed by atoms with Crippen LogP contribution >= 0.6 is 0 Å². The highest BCUT2D eigenvalue weighted by molar-refractivity contribution is 5.18. The van der Waals surface area contributed by atoms with Crippen molar-refractivity contribution in [2.45, 2.75) is 32.9 Å². The number of benzene rings is 1. The lowest BCUT2D eigenvalue weighted by atomic mass is 10.0. The van der Waals surface area contributed by atoms with Gasteiger partial charge in [0.1, 0.15) is 0 Å². The zero-order chi connectivity index (χ0) is 11.8. The molecule has 1 unspecified atom stereocenters. The number of nitrogens with zero attached hydrogens (tertiary/aromatic N) is 1. The third-order valence-electron chi connectivity index (χ3n) is 2.41. The summed E-state index contributed by atoms with van der Waals surface area (Å²) in [6.07, 6.45) is -0.406. The number of hydrogen-bond donors (Lipinski definition) is 1. The molecule has 0 heterocycles. The van der Waals surface area contributed by atoms with E-state index in [0.717, 1.165) is 5.56 Å². The smallest absolute Gasteiger partial charge is 0.0942 e. The Labute approximate surface area is 93.5 Å². The summed E-state index contributed by atoms with van der Waals surface area (Å²) in [6.45, 7) is 6.01. The van der Waals surface area contributed by atoms with Gasteiger partial charge in [0.05, 0.1) is 6.10 Å². The third-order valence-corrected chi connectivity index (χ3v) is 2.41. The van der Waals surface area contributed by atoms with Crippen molar-refractivity contribution in [2.24, 2.45) is 0 Å². The Morgan fingerprint density at radius 2 is 1.53 bits per heavy atom. The van der Waals surface area contributed by atoms with Gasteiger partial charge in [-0.05, 0) is 26.6 Å². The number of hydrogen-bond acceptors (Lipinski definition) is 2. The summed E-state index contributed by atoms with van der Waals surface area (Å²) < 4.78 is 0. The summed E-state index contributed by atoms with van der Waals surface area (Å²) in [5.74, 6) is 0. The van der Waals surface area contributed by atoms with Crippen LogP contribution in [0.4, 0.5) is 0 Å². The molecule has 0 saturated heterocycles. The molecule has 0 aromatic heterocycles. The van der Waals surface area contributed by atoms with Crippen LogP contribution in [-0.2, 0) is 0 Å². The maximum atomic E-state index is 9.92. The van der Waals surface area contributed by atoms with Crippen molar-refractivity contribution in [3.63, 3.8) is 0 Å². The Hall–Kier alpha value is -0.860. The van der Waals surface area contributed by atoms with E-state index in [1.807, 2.05) is 70.1 Å². The van der Waals surface area contributed by atoms with Gasteiger partial charge >= 0.3 is 0 Å². The van der Waals surface area contributed by atoms with E-state index in [-0.39, 0.29) is 6.04 Å². The summed E-state index contributed by atoms with van der Waals surface area (Å²) in [5, 5.41) is 9.92. The summed E-state index contributed by atoms with van der Waals surface area (Å²) in [5.41, 5.74) is 0.976. The average molecular weight is 209 g/mol. The second-order valence-corrected chi connectivity index (χ2v) is 3.56. The van der Waals surface area contributed by atoms with E-state index in [1.54, 1.807) is 0 Å². The van der Waals surface area contributed by atoms with E-state index in [2.05, 4.69) is 0 Å². The van der Waals surface area contributed by atoms with Crippen LogP contribution in [0.5, 0.6) is 0 Å². The van der Waals surface area contributed by atoms with Crippen LogP contribution in [0.3, 0.4) is 0 Å². The highest BCUT2D eigenvalue weighted by Gasteiger charge is 2.17. The maximum Gasteiger partial charge on any atom is 0.0942 e. The van der Waals surface area contributed by atoms with E-state index in [1.165, 1.54) is 0 Å². The zero-order valence-electron chi connectivity index (χ0n) is 10.4. The fourth-order valence-electron chi connectivity index (χ4n) is 1.21. The van der Waals surface area contributed by atoms with Gasteiger partial charge in [-0.15, -0.1) is 0 Å². The van der Waals surface area contributed by atoms with Gasteiger partial charge in [-0.25, -0.2) is 0 Å². The normalized spacial score (nSPS) is 14.1. The first-order valence-corrected chi connectivity index (χ1v) is 5.52. The molecule has 2 heteroatoms. The molecule has 2 nitrogen and oxygen atoms in total. The van der Waals surface area contributed by atoms with Crippen molar-refractivity contribution in [1.29, 1.82) is 0 Å². The largest absolute Gasteiger partial charge is 0.387 e. The molecule has 0 spiro atoms. The molecule has 0 bridgehead atoms. The van der Waals surface area contributed by atoms with Gasteiger partial charge in [0.25, 0.3) is 0 Å². The van der Waals surface area contributed by atoms with Crippen LogP contribution in [0.2, 0.25) is 0 Å². The van der Waals surface area contributed by atoms with Crippen molar-refractivity contribution in [1.82, 2.24) is 4.90 Å². The molecule has 1 aromatic carbocycles. The van der Waals surface area contributed by atoms with Gasteiger partial charge in [0.15, 0.2) is 0 Å². The lowest BCUT2D eigenvalue weighted by Gasteiger charge is -2.25. The Bertz CT molecular complexity index is 246. The molecule has 1 aromatic rings. The zero-order valence-corrected chi connectivity index (χ0v) is 10.4. The van der Waals surface area contributed by atoms with Gasteiger partial charge in [-0.3, -0.25) is 0 Å². The number of rotatable bonds is 3. The predicted octanol–water partition coefficient (Wildman–Crippen LogP) is 2.70. The number of likely N-dealkylation sites (N-methyl/N-ethyl adjacent to an activating group) is 1. The molecule has 0 saturated carbocycles. The van der Waals surface area contributed by atoms with Crippen LogP contribution in [0.25, 0.3) is 0 Å². The van der Waals surface area contributed by atoms with Gasteiger partial charge < -0.3 is 10.0 Å². The first-order valence-electron chi connectivity index (χ1n) is 5.52. The SMILES string of the molecule is CC.C[C@@H](C(O)c1ccccc1)N(C)C. The monoisotopic (exact) mass is 209 g/mol. The maximum absolute atomic E-state index is 9.92. The summed E-state index contributed by atoms with van der Waals surface area (Å²) in [4.78, 5) is 2.01. The van der Waals surface area contributed by atoms with E-state index in [9.17, 15) is 5.11 Å². The van der Waals surface area contributed by atoms with Crippen LogP contribution in [-0.4, -0.2) is 30.1 Å². The van der Waals surface area contributed by atoms with E-state index in [4.69, 9.17) is 0 Å². The van der Waals surface area contributed by atoms with E-state index in [0.29, 0.717) is 0 Å². The van der Waals surface area contributed by atoms with Crippen molar-refractivity contribution < 1.29 is 5.11 Å². The summed E-state index contributed by atoms with van der Waals surface area (Å²) in [7, 11) is 3.94. The molecular weight excluding hydrogens is 186 g/mol. The molecule has 15 heavy (non-hydrogen) atoms. The van der Waals surface area contributed by atoms with E-state index < -0.39 is 6.10 Å². The molecule has 0 radical (unpaired) electrons. The fraction of sp³-hybridized carbons (Fsp3) is 0.538. The standard InChI is InChI=1S/C11H17NO.C2H6/c1-9(12(2)3)11(13)10-7-5-4-6-8-10;1-2/h4-9,11,13H,1-3H3;1-2H3/t9-,11?;/m0./s1. The molecule has 0 aliphatic rings. The van der Waals surface area contributed by atoms with Crippen molar-refractivity contribution in [3.8, 4) is 0 Å². The molecular formula is C13H23NO. The Balaban J connectivity index is 0.000000921.